The molecule has 2 aliphatic rings. The van der Waals surface area contributed by atoms with Crippen molar-refractivity contribution < 1.29 is 4.79 Å². The first-order valence-corrected chi connectivity index (χ1v) is 7.92. The molecule has 0 radical (unpaired) electrons. The number of thioether (sulfide) groups is 1. The number of nitrogens with one attached hydrogen (secondary N) is 1. The van der Waals surface area contributed by atoms with Crippen molar-refractivity contribution in [3.05, 3.63) is 29.8 Å². The standard InChI is InChI=1S/C15H20N2OS/c1-2-13-15(18)17(8-7-16-13)10-12-9-11-5-3-4-6-14(11)19-12/h3-6,12-13,16H,2,7-10H2,1H3. The number of fused-ring (bicyclic) bond motifs is 1. The minimum atomic E-state index is 0.0301. The molecule has 0 saturated carbocycles. The molecule has 2 aliphatic heterocycles. The van der Waals surface area contributed by atoms with Crippen LogP contribution in [0.3, 0.4) is 0 Å². The summed E-state index contributed by atoms with van der Waals surface area (Å²) < 4.78 is 0. The van der Waals surface area contributed by atoms with Gasteiger partial charge in [-0.1, -0.05) is 25.1 Å². The van der Waals surface area contributed by atoms with Crippen LogP contribution < -0.4 is 5.32 Å². The lowest BCUT2D eigenvalue weighted by Crippen LogP contribution is -2.56. The topological polar surface area (TPSA) is 32.3 Å². The fourth-order valence-electron chi connectivity index (χ4n) is 2.89. The number of hydrogen-bond acceptors (Lipinski definition) is 3. The molecular formula is C15H20N2OS. The minimum absolute atomic E-state index is 0.0301. The van der Waals surface area contributed by atoms with Crippen LogP contribution in [0.1, 0.15) is 18.9 Å². The van der Waals surface area contributed by atoms with Gasteiger partial charge in [-0.15, -0.1) is 11.8 Å². The maximum Gasteiger partial charge on any atom is 0.239 e. The highest BCUT2D eigenvalue weighted by atomic mass is 32.2. The zero-order chi connectivity index (χ0) is 13.2. The second-order valence-corrected chi connectivity index (χ2v) is 6.59. The molecule has 19 heavy (non-hydrogen) atoms. The summed E-state index contributed by atoms with van der Waals surface area (Å²) >= 11 is 1.93. The molecule has 2 heterocycles. The van der Waals surface area contributed by atoms with Gasteiger partial charge in [0, 0.05) is 29.8 Å². The van der Waals surface area contributed by atoms with Gasteiger partial charge in [0.1, 0.15) is 0 Å². The largest absolute Gasteiger partial charge is 0.339 e. The highest BCUT2D eigenvalue weighted by molar-refractivity contribution is 8.00. The third kappa shape index (κ3) is 2.65. The number of nitrogens with zero attached hydrogens (tertiary/aromatic N) is 1. The molecule has 4 heteroatoms. The average molecular weight is 276 g/mol. The van der Waals surface area contributed by atoms with E-state index < -0.39 is 0 Å². The van der Waals surface area contributed by atoms with Crippen LogP contribution in [-0.2, 0) is 11.2 Å². The van der Waals surface area contributed by atoms with Gasteiger partial charge in [-0.05, 0) is 24.5 Å². The first-order chi connectivity index (χ1) is 9.28. The van der Waals surface area contributed by atoms with Crippen molar-refractivity contribution in [2.45, 2.75) is 36.0 Å². The monoisotopic (exact) mass is 276 g/mol. The van der Waals surface area contributed by atoms with E-state index in [9.17, 15) is 4.79 Å². The van der Waals surface area contributed by atoms with Crippen molar-refractivity contribution in [2.24, 2.45) is 0 Å². The fraction of sp³-hybridized carbons (Fsp3) is 0.533. The van der Waals surface area contributed by atoms with E-state index in [0.29, 0.717) is 5.25 Å². The maximum atomic E-state index is 12.3. The van der Waals surface area contributed by atoms with Crippen molar-refractivity contribution >= 4 is 17.7 Å². The highest BCUT2D eigenvalue weighted by Crippen LogP contribution is 2.37. The summed E-state index contributed by atoms with van der Waals surface area (Å²) in [5.41, 5.74) is 1.44. The molecule has 0 bridgehead atoms. The summed E-state index contributed by atoms with van der Waals surface area (Å²) in [4.78, 5) is 15.7. The van der Waals surface area contributed by atoms with Gasteiger partial charge in [-0.2, -0.15) is 0 Å². The van der Waals surface area contributed by atoms with E-state index in [1.165, 1.54) is 10.5 Å². The Morgan fingerprint density at radius 1 is 1.42 bits per heavy atom. The van der Waals surface area contributed by atoms with Crippen molar-refractivity contribution in [1.82, 2.24) is 10.2 Å². The van der Waals surface area contributed by atoms with Gasteiger partial charge in [-0.3, -0.25) is 4.79 Å². The van der Waals surface area contributed by atoms with E-state index in [4.69, 9.17) is 0 Å². The Kier molecular flexibility index (Phi) is 3.80. The number of amides is 1. The average Bonchev–Trinajstić information content (AvgIpc) is 2.83. The van der Waals surface area contributed by atoms with Gasteiger partial charge in [-0.25, -0.2) is 0 Å². The first-order valence-electron chi connectivity index (χ1n) is 7.04. The van der Waals surface area contributed by atoms with E-state index in [-0.39, 0.29) is 11.9 Å². The van der Waals surface area contributed by atoms with Crippen LogP contribution in [0, 0.1) is 0 Å². The Hall–Kier alpha value is -1.00. The fourth-order valence-corrected chi connectivity index (χ4v) is 4.23. The van der Waals surface area contributed by atoms with E-state index in [2.05, 4.69) is 36.5 Å². The Labute approximate surface area is 118 Å². The van der Waals surface area contributed by atoms with Gasteiger partial charge in [0.25, 0.3) is 0 Å². The molecule has 1 fully saturated rings. The quantitative estimate of drug-likeness (QED) is 0.915. The van der Waals surface area contributed by atoms with Crippen LogP contribution >= 0.6 is 11.8 Å². The number of benzene rings is 1. The summed E-state index contributed by atoms with van der Waals surface area (Å²) in [7, 11) is 0. The lowest BCUT2D eigenvalue weighted by molar-refractivity contribution is -0.135. The van der Waals surface area contributed by atoms with Crippen LogP contribution in [0.25, 0.3) is 0 Å². The molecule has 0 aliphatic carbocycles. The van der Waals surface area contributed by atoms with E-state index in [0.717, 1.165) is 32.5 Å². The molecule has 2 atom stereocenters. The summed E-state index contributed by atoms with van der Waals surface area (Å²) in [6.45, 7) is 4.73. The molecule has 3 rings (SSSR count). The third-order valence-electron chi connectivity index (χ3n) is 3.93. The van der Waals surface area contributed by atoms with E-state index in [1.807, 2.05) is 16.7 Å². The summed E-state index contributed by atoms with van der Waals surface area (Å²) in [5, 5.41) is 3.82. The molecule has 2 unspecified atom stereocenters. The molecule has 1 aromatic rings. The number of carbonyl (C=O) groups excluding carboxylic acids is 1. The zero-order valence-electron chi connectivity index (χ0n) is 11.3. The molecule has 1 amide bonds. The predicted octanol–water partition coefficient (Wildman–Crippen LogP) is 1.91. The van der Waals surface area contributed by atoms with E-state index in [1.54, 1.807) is 0 Å². The third-order valence-corrected chi connectivity index (χ3v) is 5.23. The zero-order valence-corrected chi connectivity index (χ0v) is 12.1. The van der Waals surface area contributed by atoms with Crippen LogP contribution in [0.15, 0.2) is 29.2 Å². The molecule has 0 spiro atoms. The normalized spacial score (nSPS) is 26.6. The van der Waals surface area contributed by atoms with Crippen LogP contribution in [-0.4, -0.2) is 41.7 Å². The second kappa shape index (κ2) is 5.55. The molecule has 0 aromatic heterocycles. The van der Waals surface area contributed by atoms with Gasteiger partial charge >= 0.3 is 0 Å². The minimum Gasteiger partial charge on any atom is -0.339 e. The Morgan fingerprint density at radius 3 is 3.05 bits per heavy atom. The molecule has 1 N–H and O–H groups in total. The number of piperazine rings is 1. The number of carbonyl (C=O) groups is 1. The highest BCUT2D eigenvalue weighted by Gasteiger charge is 2.30. The SMILES string of the molecule is CCC1NCCN(CC2Cc3ccccc3S2)C1=O. The Bertz CT molecular complexity index is 452. The van der Waals surface area contributed by atoms with Crippen molar-refractivity contribution in [2.75, 3.05) is 19.6 Å². The Morgan fingerprint density at radius 2 is 2.26 bits per heavy atom. The smallest absolute Gasteiger partial charge is 0.239 e. The van der Waals surface area contributed by atoms with Crippen LogP contribution in [0.2, 0.25) is 0 Å². The van der Waals surface area contributed by atoms with Gasteiger partial charge in [0.15, 0.2) is 0 Å². The van der Waals surface area contributed by atoms with Crippen molar-refractivity contribution in [1.29, 1.82) is 0 Å². The lowest BCUT2D eigenvalue weighted by Gasteiger charge is -2.34. The molecule has 102 valence electrons. The van der Waals surface area contributed by atoms with E-state index >= 15 is 0 Å². The lowest BCUT2D eigenvalue weighted by atomic mass is 10.1. The molecule has 1 aromatic carbocycles. The van der Waals surface area contributed by atoms with Gasteiger partial charge < -0.3 is 10.2 Å². The summed E-state index contributed by atoms with van der Waals surface area (Å²) in [5.74, 6) is 0.283. The molecule has 3 nitrogen and oxygen atoms in total. The molecular weight excluding hydrogens is 256 g/mol. The van der Waals surface area contributed by atoms with Crippen molar-refractivity contribution in [3.63, 3.8) is 0 Å². The van der Waals surface area contributed by atoms with Gasteiger partial charge in [0.05, 0.1) is 6.04 Å². The van der Waals surface area contributed by atoms with Crippen LogP contribution in [0.5, 0.6) is 0 Å². The second-order valence-electron chi connectivity index (χ2n) is 5.25. The number of rotatable bonds is 3. The van der Waals surface area contributed by atoms with Crippen molar-refractivity contribution in [3.8, 4) is 0 Å². The molecule has 1 saturated heterocycles. The number of hydrogen-bond donors (Lipinski definition) is 1. The van der Waals surface area contributed by atoms with Crippen LogP contribution in [0.4, 0.5) is 0 Å². The van der Waals surface area contributed by atoms with Gasteiger partial charge in [0.2, 0.25) is 5.91 Å². The maximum absolute atomic E-state index is 12.3. The predicted molar refractivity (Wildman–Crippen MR) is 78.5 cm³/mol. The Balaban J connectivity index is 1.63. The first kappa shape index (κ1) is 13.0. The summed E-state index contributed by atoms with van der Waals surface area (Å²) in [6, 6.07) is 8.62. The summed E-state index contributed by atoms with van der Waals surface area (Å²) in [6.07, 6.45) is 1.97.